The van der Waals surface area contributed by atoms with E-state index in [-0.39, 0.29) is 11.6 Å². The topological polar surface area (TPSA) is 61.0 Å². The number of rotatable bonds is 2. The van der Waals surface area contributed by atoms with Gasteiger partial charge in [-0.25, -0.2) is 4.98 Å². The quantitative estimate of drug-likeness (QED) is 0.679. The molecule has 0 radical (unpaired) electrons. The van der Waals surface area contributed by atoms with Crippen LogP contribution < -0.4 is 10.5 Å². The van der Waals surface area contributed by atoms with Gasteiger partial charge in [-0.1, -0.05) is 0 Å². The first-order chi connectivity index (χ1) is 8.84. The molecule has 0 saturated carbocycles. The highest BCUT2D eigenvalue weighted by Gasteiger charge is 2.33. The molecular formula is C11H7ClF3N3O. The van der Waals surface area contributed by atoms with Gasteiger partial charge in [-0.15, -0.1) is 0 Å². The molecule has 1 aromatic carbocycles. The van der Waals surface area contributed by atoms with E-state index in [1.54, 1.807) is 12.1 Å². The molecule has 0 amide bonds. The van der Waals surface area contributed by atoms with E-state index in [0.717, 1.165) is 0 Å². The minimum absolute atomic E-state index is 0.289. The third-order valence-corrected chi connectivity index (χ3v) is 2.24. The van der Waals surface area contributed by atoms with E-state index >= 15 is 0 Å². The second-order valence-electron chi connectivity index (χ2n) is 3.53. The molecule has 100 valence electrons. The van der Waals surface area contributed by atoms with Gasteiger partial charge in [0.25, 0.3) is 0 Å². The van der Waals surface area contributed by atoms with E-state index < -0.39 is 17.2 Å². The SMILES string of the molecule is Nc1ccc(Oc2cc(C(F)(F)F)nc(Cl)n2)cc1. The van der Waals surface area contributed by atoms with E-state index in [9.17, 15) is 13.2 Å². The van der Waals surface area contributed by atoms with Gasteiger partial charge in [-0.3, -0.25) is 0 Å². The van der Waals surface area contributed by atoms with Crippen LogP contribution in [0.25, 0.3) is 0 Å². The summed E-state index contributed by atoms with van der Waals surface area (Å²) in [6.07, 6.45) is -4.62. The van der Waals surface area contributed by atoms with Gasteiger partial charge in [0.15, 0.2) is 5.69 Å². The van der Waals surface area contributed by atoms with Crippen molar-refractivity contribution >= 4 is 17.3 Å². The molecule has 0 saturated heterocycles. The Hall–Kier alpha value is -2.02. The van der Waals surface area contributed by atoms with Gasteiger partial charge in [-0.2, -0.15) is 18.2 Å². The van der Waals surface area contributed by atoms with Crippen molar-refractivity contribution in [2.24, 2.45) is 0 Å². The lowest BCUT2D eigenvalue weighted by Gasteiger charge is -2.09. The summed E-state index contributed by atoms with van der Waals surface area (Å²) in [5.74, 6) is -0.00538. The van der Waals surface area contributed by atoms with Gasteiger partial charge in [0.1, 0.15) is 5.75 Å². The lowest BCUT2D eigenvalue weighted by Crippen LogP contribution is -2.09. The van der Waals surface area contributed by atoms with Crippen LogP contribution in [-0.2, 0) is 6.18 Å². The maximum atomic E-state index is 12.5. The van der Waals surface area contributed by atoms with Gasteiger partial charge < -0.3 is 10.5 Å². The van der Waals surface area contributed by atoms with Crippen LogP contribution in [0.1, 0.15) is 5.69 Å². The van der Waals surface area contributed by atoms with Crippen molar-refractivity contribution in [1.82, 2.24) is 9.97 Å². The lowest BCUT2D eigenvalue weighted by molar-refractivity contribution is -0.141. The molecule has 0 bridgehead atoms. The average molecular weight is 290 g/mol. The van der Waals surface area contributed by atoms with Crippen LogP contribution in [0.4, 0.5) is 18.9 Å². The second-order valence-corrected chi connectivity index (χ2v) is 3.87. The Morgan fingerprint density at radius 2 is 1.74 bits per heavy atom. The maximum Gasteiger partial charge on any atom is 0.433 e. The summed E-state index contributed by atoms with van der Waals surface area (Å²) in [5, 5.41) is -0.541. The highest BCUT2D eigenvalue weighted by Crippen LogP contribution is 2.31. The summed E-state index contributed by atoms with van der Waals surface area (Å²) in [5.41, 5.74) is 4.81. The zero-order valence-electron chi connectivity index (χ0n) is 9.28. The molecule has 0 unspecified atom stereocenters. The zero-order valence-corrected chi connectivity index (χ0v) is 10.0. The molecule has 0 spiro atoms. The lowest BCUT2D eigenvalue weighted by atomic mass is 10.3. The first kappa shape index (κ1) is 13.4. The van der Waals surface area contributed by atoms with Crippen LogP contribution >= 0.6 is 11.6 Å². The number of benzene rings is 1. The van der Waals surface area contributed by atoms with Crippen LogP contribution in [-0.4, -0.2) is 9.97 Å². The Kier molecular flexibility index (Phi) is 3.48. The molecule has 2 rings (SSSR count). The number of ether oxygens (including phenoxy) is 1. The number of halogens is 4. The van der Waals surface area contributed by atoms with E-state index in [4.69, 9.17) is 22.1 Å². The maximum absolute atomic E-state index is 12.5. The normalized spacial score (nSPS) is 11.4. The van der Waals surface area contributed by atoms with Crippen LogP contribution in [0, 0.1) is 0 Å². The molecule has 0 aliphatic carbocycles. The van der Waals surface area contributed by atoms with Crippen LogP contribution in [0.15, 0.2) is 30.3 Å². The van der Waals surface area contributed by atoms with E-state index in [1.165, 1.54) is 12.1 Å². The van der Waals surface area contributed by atoms with Crippen LogP contribution in [0.5, 0.6) is 11.6 Å². The predicted octanol–water partition coefficient (Wildman–Crippen LogP) is 3.52. The molecule has 4 nitrogen and oxygen atoms in total. The monoisotopic (exact) mass is 289 g/mol. The first-order valence-electron chi connectivity index (χ1n) is 5.00. The molecule has 2 N–H and O–H groups in total. The van der Waals surface area contributed by atoms with Crippen molar-refractivity contribution in [3.63, 3.8) is 0 Å². The molecule has 19 heavy (non-hydrogen) atoms. The number of aromatic nitrogens is 2. The number of anilines is 1. The van der Waals surface area contributed by atoms with Crippen molar-refractivity contribution in [2.45, 2.75) is 6.18 Å². The fourth-order valence-corrected chi connectivity index (χ4v) is 1.43. The molecule has 0 fully saturated rings. The zero-order chi connectivity index (χ0) is 14.0. The summed E-state index contributed by atoms with van der Waals surface area (Å²) in [6.45, 7) is 0. The summed E-state index contributed by atoms with van der Waals surface area (Å²) in [6, 6.07) is 6.76. The molecule has 1 heterocycles. The third-order valence-electron chi connectivity index (χ3n) is 2.07. The Labute approximate surface area is 111 Å². The molecule has 0 atom stereocenters. The Morgan fingerprint density at radius 1 is 1.11 bits per heavy atom. The van der Waals surface area contributed by atoms with Crippen molar-refractivity contribution < 1.29 is 17.9 Å². The van der Waals surface area contributed by atoms with Crippen molar-refractivity contribution in [3.8, 4) is 11.6 Å². The van der Waals surface area contributed by atoms with Crippen molar-refractivity contribution in [2.75, 3.05) is 5.73 Å². The van der Waals surface area contributed by atoms with Crippen molar-refractivity contribution in [1.29, 1.82) is 0 Å². The predicted molar refractivity (Wildman–Crippen MR) is 63.0 cm³/mol. The number of hydrogen-bond donors (Lipinski definition) is 1. The Balaban J connectivity index is 2.30. The summed E-state index contributed by atoms with van der Waals surface area (Å²) < 4.78 is 42.7. The second kappa shape index (κ2) is 4.93. The highest BCUT2D eigenvalue weighted by atomic mass is 35.5. The standard InChI is InChI=1S/C11H7ClF3N3O/c12-10-17-8(11(13,14)15)5-9(18-10)19-7-3-1-6(16)2-4-7/h1-5H,16H2. The number of nitrogen functional groups attached to an aromatic ring is 1. The summed E-state index contributed by atoms with van der Waals surface area (Å²) >= 11 is 5.43. The fourth-order valence-electron chi connectivity index (χ4n) is 1.25. The van der Waals surface area contributed by atoms with Crippen molar-refractivity contribution in [3.05, 3.63) is 41.3 Å². The Morgan fingerprint density at radius 3 is 2.32 bits per heavy atom. The third kappa shape index (κ3) is 3.47. The fraction of sp³-hybridized carbons (Fsp3) is 0.0909. The highest BCUT2D eigenvalue weighted by molar-refractivity contribution is 6.28. The number of nitrogens with zero attached hydrogens (tertiary/aromatic N) is 2. The largest absolute Gasteiger partial charge is 0.439 e. The summed E-state index contributed by atoms with van der Waals surface area (Å²) in [4.78, 5) is 6.66. The van der Waals surface area contributed by atoms with E-state index in [0.29, 0.717) is 11.8 Å². The van der Waals surface area contributed by atoms with Gasteiger partial charge >= 0.3 is 6.18 Å². The number of hydrogen-bond acceptors (Lipinski definition) is 4. The Bertz CT molecular complexity index is 587. The van der Waals surface area contributed by atoms with E-state index in [1.807, 2.05) is 0 Å². The number of alkyl halides is 3. The van der Waals surface area contributed by atoms with Gasteiger partial charge in [-0.05, 0) is 35.9 Å². The average Bonchev–Trinajstić information content (AvgIpc) is 2.30. The number of nitrogens with two attached hydrogens (primary N) is 1. The van der Waals surface area contributed by atoms with Gasteiger partial charge in [0.05, 0.1) is 0 Å². The van der Waals surface area contributed by atoms with Gasteiger partial charge in [0, 0.05) is 11.8 Å². The molecular weight excluding hydrogens is 283 g/mol. The van der Waals surface area contributed by atoms with Crippen LogP contribution in [0.2, 0.25) is 5.28 Å². The molecule has 2 aromatic rings. The molecule has 8 heteroatoms. The first-order valence-corrected chi connectivity index (χ1v) is 5.37. The molecule has 0 aliphatic heterocycles. The minimum Gasteiger partial charge on any atom is -0.439 e. The summed E-state index contributed by atoms with van der Waals surface area (Å²) in [7, 11) is 0. The van der Waals surface area contributed by atoms with E-state index in [2.05, 4.69) is 9.97 Å². The minimum atomic E-state index is -4.62. The molecule has 0 aliphatic rings. The van der Waals surface area contributed by atoms with Crippen LogP contribution in [0.3, 0.4) is 0 Å². The smallest absolute Gasteiger partial charge is 0.433 e. The van der Waals surface area contributed by atoms with Gasteiger partial charge in [0.2, 0.25) is 11.2 Å². The molecule has 1 aromatic heterocycles.